The van der Waals surface area contributed by atoms with Crippen LogP contribution in [-0.4, -0.2) is 14.9 Å². The van der Waals surface area contributed by atoms with Crippen molar-refractivity contribution in [3.63, 3.8) is 0 Å². The Bertz CT molecular complexity index is 190. The van der Waals surface area contributed by atoms with Crippen LogP contribution in [-0.2, 0) is 4.43 Å². The molecule has 0 aromatic heterocycles. The fourth-order valence-electron chi connectivity index (χ4n) is 3.12. The van der Waals surface area contributed by atoms with Crippen LogP contribution in [0, 0.1) is 0 Å². The summed E-state index contributed by atoms with van der Waals surface area (Å²) in [6.07, 6.45) is 14.3. The Morgan fingerprint density at radius 1 is 0.600 bits per heavy atom. The molecule has 0 amide bonds. The van der Waals surface area contributed by atoms with Crippen molar-refractivity contribution < 1.29 is 4.43 Å². The van der Waals surface area contributed by atoms with E-state index in [4.69, 9.17) is 4.43 Å². The number of hydrogen-bond acceptors (Lipinski definition) is 1. The van der Waals surface area contributed by atoms with Crippen LogP contribution in [0.5, 0.6) is 0 Å². The van der Waals surface area contributed by atoms with Gasteiger partial charge in [-0.15, -0.1) is 0 Å². The molecule has 0 N–H and O–H groups in total. The minimum atomic E-state index is -1.33. The Kier molecular flexibility index (Phi) is 14.3. The van der Waals surface area contributed by atoms with Gasteiger partial charge in [0, 0.05) is 6.61 Å². The molecule has 122 valence electrons. The van der Waals surface area contributed by atoms with Gasteiger partial charge in [-0.05, 0) is 25.1 Å². The smallest absolute Gasteiger partial charge is 0.192 e. The first-order chi connectivity index (χ1) is 9.74. The van der Waals surface area contributed by atoms with Gasteiger partial charge in [-0.25, -0.2) is 0 Å². The first kappa shape index (κ1) is 20.2. The second-order valence-corrected chi connectivity index (χ2v) is 10.8. The maximum Gasteiger partial charge on any atom is 0.192 e. The monoisotopic (exact) mass is 300 g/mol. The van der Waals surface area contributed by atoms with E-state index in [9.17, 15) is 0 Å². The molecule has 0 aliphatic heterocycles. The molecule has 0 atom stereocenters. The molecule has 0 spiro atoms. The molecule has 0 aromatic carbocycles. The minimum Gasteiger partial charge on any atom is -0.417 e. The van der Waals surface area contributed by atoms with E-state index in [0.717, 1.165) is 6.61 Å². The van der Waals surface area contributed by atoms with E-state index in [1.54, 1.807) is 0 Å². The first-order valence-corrected chi connectivity index (χ1v) is 11.9. The lowest BCUT2D eigenvalue weighted by Crippen LogP contribution is -2.36. The van der Waals surface area contributed by atoms with E-state index >= 15 is 0 Å². The lowest BCUT2D eigenvalue weighted by Gasteiger charge is -2.28. The van der Waals surface area contributed by atoms with Gasteiger partial charge < -0.3 is 4.43 Å². The van der Waals surface area contributed by atoms with E-state index in [1.807, 2.05) is 0 Å². The van der Waals surface area contributed by atoms with Gasteiger partial charge in [0.1, 0.15) is 0 Å². The van der Waals surface area contributed by atoms with Crippen molar-refractivity contribution >= 4 is 8.32 Å². The first-order valence-electron chi connectivity index (χ1n) is 9.38. The second-order valence-electron chi connectivity index (χ2n) is 6.26. The predicted molar refractivity (Wildman–Crippen MR) is 95.0 cm³/mol. The quantitative estimate of drug-likeness (QED) is 0.235. The van der Waals surface area contributed by atoms with E-state index in [0.29, 0.717) is 0 Å². The Labute approximate surface area is 130 Å². The molecule has 0 unspecified atom stereocenters. The van der Waals surface area contributed by atoms with Gasteiger partial charge in [0.15, 0.2) is 8.32 Å². The van der Waals surface area contributed by atoms with E-state index in [2.05, 4.69) is 27.7 Å². The van der Waals surface area contributed by atoms with E-state index < -0.39 is 8.32 Å². The topological polar surface area (TPSA) is 9.23 Å². The summed E-state index contributed by atoms with van der Waals surface area (Å²) >= 11 is 0. The van der Waals surface area contributed by atoms with Crippen molar-refractivity contribution in [1.82, 2.24) is 0 Å². The predicted octanol–water partition coefficient (Wildman–Crippen LogP) is 6.93. The molecule has 0 fully saturated rings. The second kappa shape index (κ2) is 14.1. The molecule has 0 rings (SSSR count). The molecule has 0 aliphatic rings. The molecular weight excluding hydrogens is 260 g/mol. The normalized spacial score (nSPS) is 12.0. The molecule has 20 heavy (non-hydrogen) atoms. The molecule has 0 bridgehead atoms. The third-order valence-electron chi connectivity index (χ3n) is 4.73. The van der Waals surface area contributed by atoms with Crippen LogP contribution in [0.2, 0.25) is 18.1 Å². The minimum absolute atomic E-state index is 0.922. The standard InChI is InChI=1S/C18H40OSi/c1-5-9-10-11-12-13-14-15-16-17-18-20(7-3,8-4)19-6-2/h5-18H2,1-4H3. The third kappa shape index (κ3) is 9.98. The van der Waals surface area contributed by atoms with Gasteiger partial charge >= 0.3 is 0 Å². The summed E-state index contributed by atoms with van der Waals surface area (Å²) in [6, 6.07) is 3.99. The highest BCUT2D eigenvalue weighted by Gasteiger charge is 2.29. The molecule has 0 aliphatic carbocycles. The molecule has 0 saturated carbocycles. The van der Waals surface area contributed by atoms with Gasteiger partial charge in [0.05, 0.1) is 0 Å². The molecule has 0 heterocycles. The number of unbranched alkanes of at least 4 members (excludes halogenated alkanes) is 9. The Balaban J connectivity index is 3.45. The van der Waals surface area contributed by atoms with Gasteiger partial charge in [0.25, 0.3) is 0 Å². The summed E-state index contributed by atoms with van der Waals surface area (Å²) in [5.74, 6) is 0. The van der Waals surface area contributed by atoms with Crippen LogP contribution >= 0.6 is 0 Å². The zero-order valence-electron chi connectivity index (χ0n) is 14.8. The fourth-order valence-corrected chi connectivity index (χ4v) is 6.39. The lowest BCUT2D eigenvalue weighted by molar-refractivity contribution is 0.318. The average Bonchev–Trinajstić information content (AvgIpc) is 2.48. The average molecular weight is 301 g/mol. The van der Waals surface area contributed by atoms with Crippen molar-refractivity contribution in [3.8, 4) is 0 Å². The van der Waals surface area contributed by atoms with Crippen LogP contribution < -0.4 is 0 Å². The lowest BCUT2D eigenvalue weighted by atomic mass is 10.1. The van der Waals surface area contributed by atoms with Crippen LogP contribution in [0.15, 0.2) is 0 Å². The molecule has 1 nitrogen and oxygen atoms in total. The van der Waals surface area contributed by atoms with Gasteiger partial charge in [-0.3, -0.25) is 0 Å². The Morgan fingerprint density at radius 3 is 1.45 bits per heavy atom. The van der Waals surface area contributed by atoms with E-state index in [-0.39, 0.29) is 0 Å². The SMILES string of the molecule is CCCCCCCCCCCC[Si](CC)(CC)OCC. The van der Waals surface area contributed by atoms with Crippen LogP contribution in [0.25, 0.3) is 0 Å². The van der Waals surface area contributed by atoms with Gasteiger partial charge in [0.2, 0.25) is 0 Å². The van der Waals surface area contributed by atoms with Crippen molar-refractivity contribution in [2.24, 2.45) is 0 Å². The highest BCUT2D eigenvalue weighted by atomic mass is 28.4. The highest BCUT2D eigenvalue weighted by molar-refractivity contribution is 6.73. The summed E-state index contributed by atoms with van der Waals surface area (Å²) in [6.45, 7) is 10.0. The molecule has 2 heteroatoms. The summed E-state index contributed by atoms with van der Waals surface area (Å²) in [7, 11) is -1.33. The van der Waals surface area contributed by atoms with Crippen molar-refractivity contribution in [2.45, 2.75) is 110 Å². The molecule has 0 radical (unpaired) electrons. The summed E-state index contributed by atoms with van der Waals surface area (Å²) in [5.41, 5.74) is 0. The van der Waals surface area contributed by atoms with E-state index in [1.165, 1.54) is 82.3 Å². The molecule has 0 aromatic rings. The zero-order valence-corrected chi connectivity index (χ0v) is 15.8. The highest BCUT2D eigenvalue weighted by Crippen LogP contribution is 2.25. The number of hydrogen-bond donors (Lipinski definition) is 0. The number of rotatable bonds is 15. The Morgan fingerprint density at radius 2 is 1.05 bits per heavy atom. The summed E-state index contributed by atoms with van der Waals surface area (Å²) in [5, 5.41) is 0. The van der Waals surface area contributed by atoms with Crippen LogP contribution in [0.4, 0.5) is 0 Å². The maximum absolute atomic E-state index is 6.15. The largest absolute Gasteiger partial charge is 0.417 e. The van der Waals surface area contributed by atoms with Crippen LogP contribution in [0.3, 0.4) is 0 Å². The summed E-state index contributed by atoms with van der Waals surface area (Å²) < 4.78 is 6.15. The van der Waals surface area contributed by atoms with Crippen molar-refractivity contribution in [3.05, 3.63) is 0 Å². The van der Waals surface area contributed by atoms with Gasteiger partial charge in [-0.2, -0.15) is 0 Å². The molecule has 0 saturated heterocycles. The maximum atomic E-state index is 6.15. The Hall–Kier alpha value is 0.177. The zero-order chi connectivity index (χ0) is 15.1. The summed E-state index contributed by atoms with van der Waals surface area (Å²) in [4.78, 5) is 0. The fraction of sp³-hybridized carbons (Fsp3) is 1.00. The third-order valence-corrected chi connectivity index (χ3v) is 9.47. The molecular formula is C18H40OSi. The van der Waals surface area contributed by atoms with Crippen LogP contribution in [0.1, 0.15) is 91.9 Å². The van der Waals surface area contributed by atoms with Crippen molar-refractivity contribution in [1.29, 1.82) is 0 Å². The van der Waals surface area contributed by atoms with Gasteiger partial charge in [-0.1, -0.05) is 85.0 Å². The van der Waals surface area contributed by atoms with Crippen molar-refractivity contribution in [2.75, 3.05) is 6.61 Å².